The zero-order valence-corrected chi connectivity index (χ0v) is 14.1. The van der Waals surface area contributed by atoms with E-state index < -0.39 is 0 Å². The van der Waals surface area contributed by atoms with E-state index in [4.69, 9.17) is 5.11 Å². The van der Waals surface area contributed by atoms with Crippen molar-refractivity contribution < 1.29 is 9.90 Å². The Bertz CT molecular complexity index is 264. The van der Waals surface area contributed by atoms with Crippen LogP contribution in [0.2, 0.25) is 0 Å². The van der Waals surface area contributed by atoms with Gasteiger partial charge in [0.25, 0.3) is 0 Å². The molecule has 1 atom stereocenters. The van der Waals surface area contributed by atoms with Crippen LogP contribution >= 0.6 is 0 Å². The van der Waals surface area contributed by atoms with Crippen molar-refractivity contribution in [2.75, 3.05) is 6.61 Å². The first-order valence-electron chi connectivity index (χ1n) is 8.76. The average molecular weight is 297 g/mol. The Morgan fingerprint density at radius 2 is 1.57 bits per heavy atom. The maximum Gasteiger partial charge on any atom is 0.220 e. The van der Waals surface area contributed by atoms with Crippen LogP contribution in [0.3, 0.4) is 0 Å². The van der Waals surface area contributed by atoms with Crippen molar-refractivity contribution in [1.82, 2.24) is 5.32 Å². The molecule has 0 aliphatic rings. The predicted octanol–water partition coefficient (Wildman–Crippen LogP) is 4.35. The first-order chi connectivity index (χ1) is 10.2. The largest absolute Gasteiger partial charge is 0.394 e. The van der Waals surface area contributed by atoms with Crippen LogP contribution in [-0.4, -0.2) is 23.7 Å². The molecule has 0 fully saturated rings. The van der Waals surface area contributed by atoms with Gasteiger partial charge in [-0.3, -0.25) is 4.79 Å². The number of hydrogen-bond donors (Lipinski definition) is 2. The molecule has 124 valence electrons. The van der Waals surface area contributed by atoms with E-state index in [2.05, 4.69) is 24.4 Å². The lowest BCUT2D eigenvalue weighted by molar-refractivity contribution is -0.122. The van der Waals surface area contributed by atoms with Crippen LogP contribution in [0, 0.1) is 0 Å². The number of aliphatic hydroxyl groups excluding tert-OH is 1. The molecule has 0 rings (SSSR count). The summed E-state index contributed by atoms with van der Waals surface area (Å²) in [6.07, 6.45) is 17.4. The van der Waals surface area contributed by atoms with Gasteiger partial charge in [-0.05, 0) is 32.6 Å². The third-order valence-electron chi connectivity index (χ3n) is 3.60. The standard InChI is InChI=1S/C18H35NO2/c1-3-4-5-6-7-8-9-10-11-12-13-14-15-18(21)19-17(2)16-20/h6-7,17,20H,3-5,8-16H2,1-2H3,(H,19,21). The second-order valence-corrected chi connectivity index (χ2v) is 5.92. The van der Waals surface area contributed by atoms with E-state index >= 15 is 0 Å². The SMILES string of the molecule is CCCCC=CCCCCCCCCC(=O)NC(C)CO. The van der Waals surface area contributed by atoms with Gasteiger partial charge in [0.05, 0.1) is 6.61 Å². The molecule has 0 aliphatic carbocycles. The van der Waals surface area contributed by atoms with Crippen LogP contribution in [-0.2, 0) is 4.79 Å². The Balaban J connectivity index is 3.22. The summed E-state index contributed by atoms with van der Waals surface area (Å²) in [4.78, 5) is 11.5. The van der Waals surface area contributed by atoms with Gasteiger partial charge in [0.2, 0.25) is 5.91 Å². The van der Waals surface area contributed by atoms with Crippen LogP contribution in [0.1, 0.15) is 84.5 Å². The number of amides is 1. The molecular formula is C18H35NO2. The molecule has 0 aliphatic heterocycles. The van der Waals surface area contributed by atoms with Crippen molar-refractivity contribution in [1.29, 1.82) is 0 Å². The molecule has 0 saturated heterocycles. The summed E-state index contributed by atoms with van der Waals surface area (Å²) in [5.74, 6) is 0.0637. The third-order valence-corrected chi connectivity index (χ3v) is 3.60. The Labute approximate surface area is 131 Å². The number of aliphatic hydroxyl groups is 1. The van der Waals surface area contributed by atoms with Gasteiger partial charge in [-0.15, -0.1) is 0 Å². The zero-order chi connectivity index (χ0) is 15.8. The maximum absolute atomic E-state index is 11.5. The number of hydrogen-bond acceptors (Lipinski definition) is 2. The number of rotatable bonds is 14. The van der Waals surface area contributed by atoms with Crippen molar-refractivity contribution in [2.45, 2.75) is 90.5 Å². The molecule has 1 unspecified atom stereocenters. The fraction of sp³-hybridized carbons (Fsp3) is 0.833. The van der Waals surface area contributed by atoms with Crippen molar-refractivity contribution in [2.24, 2.45) is 0 Å². The molecule has 0 radical (unpaired) electrons. The summed E-state index contributed by atoms with van der Waals surface area (Å²) in [5.41, 5.74) is 0. The third kappa shape index (κ3) is 15.4. The van der Waals surface area contributed by atoms with Gasteiger partial charge in [0.1, 0.15) is 0 Å². The van der Waals surface area contributed by atoms with E-state index in [1.54, 1.807) is 0 Å². The quantitative estimate of drug-likeness (QED) is 0.370. The molecular weight excluding hydrogens is 262 g/mol. The number of carbonyl (C=O) groups excluding carboxylic acids is 1. The number of nitrogens with one attached hydrogen (secondary N) is 1. The van der Waals surface area contributed by atoms with Crippen LogP contribution < -0.4 is 5.32 Å². The van der Waals surface area contributed by atoms with Gasteiger partial charge in [-0.1, -0.05) is 57.6 Å². The summed E-state index contributed by atoms with van der Waals surface area (Å²) in [7, 11) is 0. The Morgan fingerprint density at radius 1 is 1.00 bits per heavy atom. The minimum absolute atomic E-state index is 0.0125. The van der Waals surface area contributed by atoms with Gasteiger partial charge in [0.15, 0.2) is 0 Å². The van der Waals surface area contributed by atoms with Crippen LogP contribution in [0.25, 0.3) is 0 Å². The number of unbranched alkanes of at least 4 members (excludes halogenated alkanes) is 8. The molecule has 0 aromatic heterocycles. The smallest absolute Gasteiger partial charge is 0.220 e. The second kappa shape index (κ2) is 15.6. The first-order valence-corrected chi connectivity index (χ1v) is 8.76. The van der Waals surface area contributed by atoms with E-state index in [9.17, 15) is 4.79 Å². The second-order valence-electron chi connectivity index (χ2n) is 5.92. The first kappa shape index (κ1) is 20.2. The molecule has 0 spiro atoms. The van der Waals surface area contributed by atoms with Gasteiger partial charge in [0, 0.05) is 12.5 Å². The molecule has 0 aromatic carbocycles. The molecule has 3 heteroatoms. The minimum atomic E-state index is -0.122. The van der Waals surface area contributed by atoms with Crippen LogP contribution in [0.15, 0.2) is 12.2 Å². The van der Waals surface area contributed by atoms with E-state index in [1.807, 2.05) is 6.92 Å². The van der Waals surface area contributed by atoms with E-state index in [0.29, 0.717) is 6.42 Å². The molecule has 2 N–H and O–H groups in total. The zero-order valence-electron chi connectivity index (χ0n) is 14.1. The molecule has 0 saturated carbocycles. The van der Waals surface area contributed by atoms with Crippen molar-refractivity contribution in [3.8, 4) is 0 Å². The summed E-state index contributed by atoms with van der Waals surface area (Å²) < 4.78 is 0. The monoisotopic (exact) mass is 297 g/mol. The van der Waals surface area contributed by atoms with Gasteiger partial charge in [-0.2, -0.15) is 0 Å². The summed E-state index contributed by atoms with van der Waals surface area (Å²) in [6, 6.07) is -0.122. The Morgan fingerprint density at radius 3 is 2.19 bits per heavy atom. The summed E-state index contributed by atoms with van der Waals surface area (Å²) in [6.45, 7) is 4.05. The van der Waals surface area contributed by atoms with Gasteiger partial charge >= 0.3 is 0 Å². The lowest BCUT2D eigenvalue weighted by atomic mass is 10.1. The molecule has 0 aromatic rings. The van der Waals surface area contributed by atoms with E-state index in [-0.39, 0.29) is 18.6 Å². The molecule has 3 nitrogen and oxygen atoms in total. The van der Waals surface area contributed by atoms with Crippen molar-refractivity contribution >= 4 is 5.91 Å². The highest BCUT2D eigenvalue weighted by Crippen LogP contribution is 2.09. The molecule has 0 bridgehead atoms. The van der Waals surface area contributed by atoms with Gasteiger partial charge < -0.3 is 10.4 Å². The van der Waals surface area contributed by atoms with Crippen LogP contribution in [0.4, 0.5) is 0 Å². The molecule has 21 heavy (non-hydrogen) atoms. The number of allylic oxidation sites excluding steroid dienone is 2. The predicted molar refractivity (Wildman–Crippen MR) is 90.3 cm³/mol. The highest BCUT2D eigenvalue weighted by Gasteiger charge is 2.05. The fourth-order valence-electron chi connectivity index (χ4n) is 2.21. The minimum Gasteiger partial charge on any atom is -0.394 e. The van der Waals surface area contributed by atoms with Crippen molar-refractivity contribution in [3.05, 3.63) is 12.2 Å². The van der Waals surface area contributed by atoms with Gasteiger partial charge in [-0.25, -0.2) is 0 Å². The average Bonchev–Trinajstić information content (AvgIpc) is 2.48. The maximum atomic E-state index is 11.5. The van der Waals surface area contributed by atoms with Crippen molar-refractivity contribution in [3.63, 3.8) is 0 Å². The molecule has 0 heterocycles. The normalized spacial score (nSPS) is 12.7. The topological polar surface area (TPSA) is 49.3 Å². The lowest BCUT2D eigenvalue weighted by Crippen LogP contribution is -2.34. The van der Waals surface area contributed by atoms with Crippen LogP contribution in [0.5, 0.6) is 0 Å². The Hall–Kier alpha value is -0.830. The highest BCUT2D eigenvalue weighted by molar-refractivity contribution is 5.76. The highest BCUT2D eigenvalue weighted by atomic mass is 16.3. The van der Waals surface area contributed by atoms with E-state index in [0.717, 1.165) is 12.8 Å². The fourth-order valence-corrected chi connectivity index (χ4v) is 2.21. The number of carbonyl (C=O) groups is 1. The van der Waals surface area contributed by atoms with E-state index in [1.165, 1.54) is 51.4 Å². The summed E-state index contributed by atoms with van der Waals surface area (Å²) in [5, 5.41) is 11.6. The Kier molecular flexibility index (Phi) is 14.9. The molecule has 1 amide bonds. The lowest BCUT2D eigenvalue weighted by Gasteiger charge is -2.10. The summed E-state index contributed by atoms with van der Waals surface area (Å²) >= 11 is 0.